The van der Waals surface area contributed by atoms with Gasteiger partial charge in [0.05, 0.1) is 6.54 Å². The van der Waals surface area contributed by atoms with Crippen molar-refractivity contribution in [3.8, 4) is 5.75 Å². The van der Waals surface area contributed by atoms with Crippen LogP contribution in [0.15, 0.2) is 42.5 Å². The number of benzene rings is 2. The van der Waals surface area contributed by atoms with E-state index in [0.29, 0.717) is 5.75 Å². The summed E-state index contributed by atoms with van der Waals surface area (Å²) < 4.78 is 32.1. The van der Waals surface area contributed by atoms with Gasteiger partial charge in [0, 0.05) is 0 Å². The van der Waals surface area contributed by atoms with Crippen molar-refractivity contribution in [2.45, 2.75) is 6.92 Å². The monoisotopic (exact) mass is 306 g/mol. The van der Waals surface area contributed by atoms with Crippen LogP contribution in [-0.4, -0.2) is 19.2 Å². The molecule has 6 heteroatoms. The zero-order valence-corrected chi connectivity index (χ0v) is 12.0. The Bertz CT molecular complexity index is 642. The lowest BCUT2D eigenvalue weighted by atomic mass is 10.2. The minimum atomic E-state index is -0.828. The Morgan fingerprint density at radius 2 is 1.82 bits per heavy atom. The van der Waals surface area contributed by atoms with Crippen LogP contribution in [0.3, 0.4) is 0 Å². The third kappa shape index (κ3) is 4.44. The van der Waals surface area contributed by atoms with Crippen molar-refractivity contribution in [3.63, 3.8) is 0 Å². The van der Waals surface area contributed by atoms with E-state index < -0.39 is 23.4 Å². The van der Waals surface area contributed by atoms with Crippen molar-refractivity contribution in [2.75, 3.05) is 18.5 Å². The van der Waals surface area contributed by atoms with Gasteiger partial charge in [-0.15, -0.1) is 0 Å². The number of aryl methyl sites for hydroxylation is 1. The Morgan fingerprint density at radius 1 is 1.14 bits per heavy atom. The van der Waals surface area contributed by atoms with E-state index in [1.807, 2.05) is 31.2 Å². The Kier molecular flexibility index (Phi) is 5.30. The number of carbonyl (C=O) groups is 1. The molecule has 0 saturated carbocycles. The molecular formula is C16H16F2N2O2. The third-order valence-corrected chi connectivity index (χ3v) is 2.85. The highest BCUT2D eigenvalue weighted by atomic mass is 19.1. The molecule has 0 aliphatic carbocycles. The molecule has 0 aliphatic rings. The zero-order valence-electron chi connectivity index (χ0n) is 12.0. The maximum atomic E-state index is 13.4. The van der Waals surface area contributed by atoms with Crippen LogP contribution >= 0.6 is 0 Å². The molecule has 0 atom stereocenters. The molecule has 0 aromatic heterocycles. The Labute approximate surface area is 127 Å². The van der Waals surface area contributed by atoms with E-state index >= 15 is 0 Å². The average molecular weight is 306 g/mol. The number of anilines is 1. The summed E-state index contributed by atoms with van der Waals surface area (Å²) in [5.74, 6) is -0.959. The van der Waals surface area contributed by atoms with Gasteiger partial charge in [-0.3, -0.25) is 0 Å². The number of rotatable bonds is 5. The van der Waals surface area contributed by atoms with E-state index in [2.05, 4.69) is 10.6 Å². The van der Waals surface area contributed by atoms with Crippen molar-refractivity contribution < 1.29 is 18.3 Å². The summed E-state index contributed by atoms with van der Waals surface area (Å²) in [4.78, 5) is 11.6. The number of para-hydroxylation sites is 1. The molecule has 2 aromatic carbocycles. The Balaban J connectivity index is 1.76. The van der Waals surface area contributed by atoms with Gasteiger partial charge in [0.1, 0.15) is 29.7 Å². The zero-order chi connectivity index (χ0) is 15.9. The number of ether oxygens (including phenoxy) is 1. The summed E-state index contributed by atoms with van der Waals surface area (Å²) in [6.07, 6.45) is 0. The Morgan fingerprint density at radius 3 is 2.50 bits per heavy atom. The van der Waals surface area contributed by atoms with Crippen LogP contribution in [0.1, 0.15) is 5.56 Å². The van der Waals surface area contributed by atoms with Crippen LogP contribution in [0.2, 0.25) is 0 Å². The first-order chi connectivity index (χ1) is 10.6. The molecule has 2 rings (SSSR count). The summed E-state index contributed by atoms with van der Waals surface area (Å²) in [6.45, 7) is 2.40. The molecule has 4 nitrogen and oxygen atoms in total. The molecule has 22 heavy (non-hydrogen) atoms. The minimum absolute atomic E-state index is 0.204. The first kappa shape index (κ1) is 15.8. The van der Waals surface area contributed by atoms with E-state index in [-0.39, 0.29) is 13.2 Å². The molecule has 0 radical (unpaired) electrons. The van der Waals surface area contributed by atoms with Crippen LogP contribution in [0.4, 0.5) is 19.3 Å². The highest BCUT2D eigenvalue weighted by molar-refractivity contribution is 5.89. The summed E-state index contributed by atoms with van der Waals surface area (Å²) >= 11 is 0. The SMILES string of the molecule is Cc1cccc(OCCNC(=O)Nc2c(F)cccc2F)c1. The van der Waals surface area contributed by atoms with Crippen LogP contribution < -0.4 is 15.4 Å². The maximum absolute atomic E-state index is 13.4. The lowest BCUT2D eigenvalue weighted by Gasteiger charge is -2.10. The highest BCUT2D eigenvalue weighted by Crippen LogP contribution is 2.17. The molecule has 116 valence electrons. The fourth-order valence-corrected chi connectivity index (χ4v) is 1.81. The molecule has 0 bridgehead atoms. The number of nitrogens with one attached hydrogen (secondary N) is 2. The number of halogens is 2. The predicted octanol–water partition coefficient (Wildman–Crippen LogP) is 3.47. The second-order valence-electron chi connectivity index (χ2n) is 4.64. The molecule has 0 fully saturated rings. The minimum Gasteiger partial charge on any atom is -0.492 e. The average Bonchev–Trinajstić information content (AvgIpc) is 2.48. The number of carbonyl (C=O) groups excluding carboxylic acids is 1. The lowest BCUT2D eigenvalue weighted by molar-refractivity contribution is 0.247. The number of hydrogen-bond acceptors (Lipinski definition) is 2. The van der Waals surface area contributed by atoms with Crippen LogP contribution in [0, 0.1) is 18.6 Å². The molecule has 2 amide bonds. The number of urea groups is 1. The predicted molar refractivity (Wildman–Crippen MR) is 80.1 cm³/mol. The van der Waals surface area contributed by atoms with Crippen LogP contribution in [0.25, 0.3) is 0 Å². The molecule has 0 spiro atoms. The first-order valence-corrected chi connectivity index (χ1v) is 6.74. The normalized spacial score (nSPS) is 10.1. The van der Waals surface area contributed by atoms with E-state index in [1.165, 1.54) is 6.07 Å². The molecule has 0 unspecified atom stereocenters. The van der Waals surface area contributed by atoms with Crippen molar-refractivity contribution in [3.05, 3.63) is 59.7 Å². The Hall–Kier alpha value is -2.63. The summed E-state index contributed by atoms with van der Waals surface area (Å²) in [7, 11) is 0. The van der Waals surface area contributed by atoms with Gasteiger partial charge in [0.25, 0.3) is 0 Å². The second kappa shape index (κ2) is 7.40. The molecule has 0 heterocycles. The molecule has 0 aliphatic heterocycles. The van der Waals surface area contributed by atoms with Gasteiger partial charge in [0.15, 0.2) is 0 Å². The quantitative estimate of drug-likeness (QED) is 0.831. The van der Waals surface area contributed by atoms with E-state index in [4.69, 9.17) is 4.74 Å². The lowest BCUT2D eigenvalue weighted by Crippen LogP contribution is -2.32. The molecule has 0 saturated heterocycles. The van der Waals surface area contributed by atoms with E-state index in [1.54, 1.807) is 0 Å². The van der Waals surface area contributed by atoms with Gasteiger partial charge in [-0.2, -0.15) is 0 Å². The third-order valence-electron chi connectivity index (χ3n) is 2.85. The topological polar surface area (TPSA) is 50.4 Å². The maximum Gasteiger partial charge on any atom is 0.319 e. The molecule has 2 N–H and O–H groups in total. The highest BCUT2D eigenvalue weighted by Gasteiger charge is 2.11. The largest absolute Gasteiger partial charge is 0.492 e. The summed E-state index contributed by atoms with van der Waals surface area (Å²) in [6, 6.07) is 10.2. The smallest absolute Gasteiger partial charge is 0.319 e. The summed E-state index contributed by atoms with van der Waals surface area (Å²) in [5.41, 5.74) is 0.595. The fraction of sp³-hybridized carbons (Fsp3) is 0.188. The standard InChI is InChI=1S/C16H16F2N2O2/c1-11-4-2-5-12(10-11)22-9-8-19-16(21)20-15-13(17)6-3-7-14(15)18/h2-7,10H,8-9H2,1H3,(H2,19,20,21). The van der Waals surface area contributed by atoms with Crippen LogP contribution in [0.5, 0.6) is 5.75 Å². The van der Waals surface area contributed by atoms with Crippen molar-refractivity contribution in [1.82, 2.24) is 5.32 Å². The van der Waals surface area contributed by atoms with Crippen molar-refractivity contribution in [1.29, 1.82) is 0 Å². The van der Waals surface area contributed by atoms with Crippen molar-refractivity contribution in [2.24, 2.45) is 0 Å². The van der Waals surface area contributed by atoms with Gasteiger partial charge >= 0.3 is 6.03 Å². The van der Waals surface area contributed by atoms with Crippen molar-refractivity contribution >= 4 is 11.7 Å². The molecule has 2 aromatic rings. The van der Waals surface area contributed by atoms with E-state index in [9.17, 15) is 13.6 Å². The first-order valence-electron chi connectivity index (χ1n) is 6.74. The van der Waals surface area contributed by atoms with E-state index in [0.717, 1.165) is 17.7 Å². The van der Waals surface area contributed by atoms with Gasteiger partial charge in [-0.1, -0.05) is 18.2 Å². The number of amides is 2. The van der Waals surface area contributed by atoms with Gasteiger partial charge < -0.3 is 15.4 Å². The van der Waals surface area contributed by atoms with Gasteiger partial charge in [0.2, 0.25) is 0 Å². The number of hydrogen-bond donors (Lipinski definition) is 2. The summed E-state index contributed by atoms with van der Waals surface area (Å²) in [5, 5.41) is 4.59. The molecular weight excluding hydrogens is 290 g/mol. The van der Waals surface area contributed by atoms with Crippen LogP contribution in [-0.2, 0) is 0 Å². The van der Waals surface area contributed by atoms with Gasteiger partial charge in [-0.05, 0) is 36.8 Å². The van der Waals surface area contributed by atoms with Gasteiger partial charge in [-0.25, -0.2) is 13.6 Å². The second-order valence-corrected chi connectivity index (χ2v) is 4.64. The fourth-order valence-electron chi connectivity index (χ4n) is 1.81.